The van der Waals surface area contributed by atoms with Crippen molar-refractivity contribution in [2.24, 2.45) is 0 Å². The van der Waals surface area contributed by atoms with E-state index in [1.165, 1.54) is 0 Å². The molecule has 0 amide bonds. The molecule has 3 heteroatoms. The van der Waals surface area contributed by atoms with E-state index >= 15 is 0 Å². The zero-order valence-electron chi connectivity index (χ0n) is 7.62. The minimum Gasteiger partial charge on any atom is -0.389 e. The smallest absolute Gasteiger partial charge is 0.122 e. The first-order valence-corrected chi connectivity index (χ1v) is 4.58. The molecule has 12 heavy (non-hydrogen) atoms. The average molecular weight is 171 g/mol. The van der Waals surface area contributed by atoms with Gasteiger partial charge in [-0.25, -0.2) is 0 Å². The van der Waals surface area contributed by atoms with Crippen LogP contribution in [0, 0.1) is 0 Å². The zero-order valence-corrected chi connectivity index (χ0v) is 7.62. The van der Waals surface area contributed by atoms with Crippen LogP contribution >= 0.6 is 0 Å². The topological polar surface area (TPSA) is 40.5 Å². The van der Waals surface area contributed by atoms with Crippen LogP contribution in [0.25, 0.3) is 0 Å². The maximum Gasteiger partial charge on any atom is 0.122 e. The third-order valence-corrected chi connectivity index (χ3v) is 2.70. The first kappa shape index (κ1) is 9.68. The van der Waals surface area contributed by atoms with E-state index in [0.717, 1.165) is 38.8 Å². The molecule has 0 unspecified atom stereocenters. The van der Waals surface area contributed by atoms with Crippen molar-refractivity contribution in [3.8, 4) is 0 Å². The maximum absolute atomic E-state index is 10.3. The number of carbonyl (C=O) groups is 1. The molecule has 0 bridgehead atoms. The molecule has 1 fully saturated rings. The Bertz CT molecular complexity index is 151. The summed E-state index contributed by atoms with van der Waals surface area (Å²) in [7, 11) is 0. The number of nitrogens with zero attached hydrogens (tertiary/aromatic N) is 1. The van der Waals surface area contributed by atoms with Crippen molar-refractivity contribution >= 4 is 6.29 Å². The summed E-state index contributed by atoms with van der Waals surface area (Å²) < 4.78 is 0. The van der Waals surface area contributed by atoms with Crippen LogP contribution < -0.4 is 0 Å². The van der Waals surface area contributed by atoms with Crippen molar-refractivity contribution in [2.75, 3.05) is 19.6 Å². The quantitative estimate of drug-likeness (QED) is 0.626. The molecule has 1 saturated heterocycles. The van der Waals surface area contributed by atoms with Crippen LogP contribution in [-0.4, -0.2) is 41.5 Å². The summed E-state index contributed by atoms with van der Waals surface area (Å²) >= 11 is 0. The first-order chi connectivity index (χ1) is 5.70. The normalized spacial score (nSPS) is 23.8. The predicted molar refractivity (Wildman–Crippen MR) is 47.0 cm³/mol. The molecular formula is C9H17NO2. The number of hydrogen-bond acceptors (Lipinski definition) is 3. The Morgan fingerprint density at radius 1 is 1.50 bits per heavy atom. The average Bonchev–Trinajstić information content (AvgIpc) is 2.06. The van der Waals surface area contributed by atoms with E-state index in [1.807, 2.05) is 0 Å². The van der Waals surface area contributed by atoms with Crippen molar-refractivity contribution in [2.45, 2.75) is 31.8 Å². The lowest BCUT2D eigenvalue weighted by molar-refractivity contribution is -0.114. The highest BCUT2D eigenvalue weighted by atomic mass is 16.3. The first-order valence-electron chi connectivity index (χ1n) is 4.58. The molecule has 1 N–H and O–H groups in total. The molecule has 0 saturated carbocycles. The van der Waals surface area contributed by atoms with Crippen LogP contribution in [0.15, 0.2) is 0 Å². The second-order valence-electron chi connectivity index (χ2n) is 3.53. The van der Waals surface area contributed by atoms with Crippen LogP contribution in [0.2, 0.25) is 0 Å². The number of carbonyl (C=O) groups excluding carboxylic acids is 1. The summed E-state index contributed by atoms with van der Waals surface area (Å²) in [5.74, 6) is 0. The predicted octanol–water partition coefficient (Wildman–Crippen LogP) is 0.422. The highest BCUT2D eigenvalue weighted by molar-refractivity contribution is 5.51. The number of aliphatic hydroxyl groups is 1. The molecule has 3 nitrogen and oxygen atoms in total. The van der Waals surface area contributed by atoms with Crippen LogP contribution in [0.5, 0.6) is 0 Å². The van der Waals surface area contributed by atoms with E-state index in [9.17, 15) is 9.90 Å². The Hall–Kier alpha value is -0.410. The molecule has 0 radical (unpaired) electrons. The summed E-state index contributed by atoms with van der Waals surface area (Å²) in [4.78, 5) is 12.5. The van der Waals surface area contributed by atoms with Gasteiger partial charge in [-0.3, -0.25) is 0 Å². The van der Waals surface area contributed by atoms with Crippen molar-refractivity contribution in [3.63, 3.8) is 0 Å². The highest BCUT2D eigenvalue weighted by Crippen LogP contribution is 2.24. The minimum atomic E-state index is -0.701. The summed E-state index contributed by atoms with van der Waals surface area (Å²) in [5, 5.41) is 9.83. The Morgan fingerprint density at radius 3 is 2.50 bits per heavy atom. The van der Waals surface area contributed by atoms with Gasteiger partial charge in [-0.2, -0.15) is 0 Å². The Labute approximate surface area is 73.4 Å². The molecule has 0 aromatic rings. The van der Waals surface area contributed by atoms with Crippen molar-refractivity contribution in [1.82, 2.24) is 4.90 Å². The van der Waals surface area contributed by atoms with E-state index in [-0.39, 0.29) is 0 Å². The van der Waals surface area contributed by atoms with Crippen molar-refractivity contribution in [1.29, 1.82) is 0 Å². The van der Waals surface area contributed by atoms with E-state index < -0.39 is 5.60 Å². The van der Waals surface area contributed by atoms with Gasteiger partial charge in [0.25, 0.3) is 0 Å². The SMILES string of the molecule is CCN1CCC(O)(CC=O)CC1. The number of aldehydes is 1. The molecule has 0 spiro atoms. The van der Waals surface area contributed by atoms with E-state index in [1.54, 1.807) is 0 Å². The van der Waals surface area contributed by atoms with Gasteiger partial charge in [0, 0.05) is 19.5 Å². The number of hydrogen-bond donors (Lipinski definition) is 1. The number of likely N-dealkylation sites (tertiary alicyclic amines) is 1. The Kier molecular flexibility index (Phi) is 3.23. The van der Waals surface area contributed by atoms with E-state index in [4.69, 9.17) is 0 Å². The molecule has 1 rings (SSSR count). The standard InChI is InChI=1S/C9H17NO2/c1-2-10-6-3-9(12,4-7-10)5-8-11/h8,12H,2-7H2,1H3. The lowest BCUT2D eigenvalue weighted by Crippen LogP contribution is -2.44. The van der Waals surface area contributed by atoms with Gasteiger partial charge in [0.15, 0.2) is 0 Å². The summed E-state index contributed by atoms with van der Waals surface area (Å²) in [5.41, 5.74) is -0.701. The van der Waals surface area contributed by atoms with Crippen LogP contribution in [0.1, 0.15) is 26.2 Å². The largest absolute Gasteiger partial charge is 0.389 e. The molecule has 0 aromatic heterocycles. The number of rotatable bonds is 3. The van der Waals surface area contributed by atoms with Gasteiger partial charge < -0.3 is 14.8 Å². The third kappa shape index (κ3) is 2.29. The third-order valence-electron chi connectivity index (χ3n) is 2.70. The molecule has 0 atom stereocenters. The second kappa shape index (κ2) is 4.01. The molecule has 0 aromatic carbocycles. The van der Waals surface area contributed by atoms with Crippen molar-refractivity contribution < 1.29 is 9.90 Å². The van der Waals surface area contributed by atoms with Crippen LogP contribution in [0.4, 0.5) is 0 Å². The maximum atomic E-state index is 10.3. The summed E-state index contributed by atoms with van der Waals surface area (Å²) in [6.07, 6.45) is 2.59. The Morgan fingerprint density at radius 2 is 2.08 bits per heavy atom. The van der Waals surface area contributed by atoms with E-state index in [0.29, 0.717) is 6.42 Å². The molecule has 70 valence electrons. The second-order valence-corrected chi connectivity index (χ2v) is 3.53. The van der Waals surface area contributed by atoms with Crippen LogP contribution in [-0.2, 0) is 4.79 Å². The van der Waals surface area contributed by atoms with Crippen LogP contribution in [0.3, 0.4) is 0 Å². The van der Waals surface area contributed by atoms with Gasteiger partial charge in [-0.1, -0.05) is 6.92 Å². The van der Waals surface area contributed by atoms with Gasteiger partial charge in [-0.15, -0.1) is 0 Å². The fourth-order valence-electron chi connectivity index (χ4n) is 1.64. The van der Waals surface area contributed by atoms with Gasteiger partial charge in [0.2, 0.25) is 0 Å². The molecular weight excluding hydrogens is 154 g/mol. The van der Waals surface area contributed by atoms with E-state index in [2.05, 4.69) is 11.8 Å². The summed E-state index contributed by atoms with van der Waals surface area (Å²) in [6, 6.07) is 0. The molecule has 1 heterocycles. The molecule has 1 aliphatic rings. The number of piperidine rings is 1. The summed E-state index contributed by atoms with van der Waals surface area (Å²) in [6.45, 7) is 4.99. The zero-order chi connectivity index (χ0) is 9.03. The van der Waals surface area contributed by atoms with Crippen molar-refractivity contribution in [3.05, 3.63) is 0 Å². The highest BCUT2D eigenvalue weighted by Gasteiger charge is 2.30. The van der Waals surface area contributed by atoms with Gasteiger partial charge in [-0.05, 0) is 19.4 Å². The lowest BCUT2D eigenvalue weighted by Gasteiger charge is -2.36. The Balaban J connectivity index is 2.38. The lowest BCUT2D eigenvalue weighted by atomic mass is 9.89. The fraction of sp³-hybridized carbons (Fsp3) is 0.889. The molecule has 1 aliphatic heterocycles. The van der Waals surface area contributed by atoms with Gasteiger partial charge in [0.05, 0.1) is 5.60 Å². The van der Waals surface area contributed by atoms with Gasteiger partial charge in [0.1, 0.15) is 6.29 Å². The minimum absolute atomic E-state index is 0.296. The fourth-order valence-corrected chi connectivity index (χ4v) is 1.64. The monoisotopic (exact) mass is 171 g/mol. The van der Waals surface area contributed by atoms with Gasteiger partial charge >= 0.3 is 0 Å². The molecule has 0 aliphatic carbocycles.